The maximum Gasteiger partial charge on any atom is 0.0710 e. The van der Waals surface area contributed by atoms with E-state index in [-0.39, 0.29) is 5.60 Å². The fourth-order valence-electron chi connectivity index (χ4n) is 2.75. The van der Waals surface area contributed by atoms with Crippen LogP contribution in [0.4, 0.5) is 0 Å². The van der Waals surface area contributed by atoms with Crippen molar-refractivity contribution in [1.82, 2.24) is 4.90 Å². The molecule has 0 radical (unpaired) electrons. The molecule has 1 unspecified atom stereocenters. The van der Waals surface area contributed by atoms with Crippen LogP contribution in [0.15, 0.2) is 0 Å². The van der Waals surface area contributed by atoms with Gasteiger partial charge in [-0.3, -0.25) is 4.90 Å². The van der Waals surface area contributed by atoms with Gasteiger partial charge in [0.1, 0.15) is 0 Å². The molecule has 1 aliphatic heterocycles. The van der Waals surface area contributed by atoms with Gasteiger partial charge in [-0.2, -0.15) is 0 Å². The summed E-state index contributed by atoms with van der Waals surface area (Å²) in [6, 6.07) is 0.838. The highest BCUT2D eigenvalue weighted by molar-refractivity contribution is 9.09. The Balaban J connectivity index is 1.81. The molecule has 2 fully saturated rings. The first-order valence-corrected chi connectivity index (χ1v) is 7.71. The van der Waals surface area contributed by atoms with Crippen LogP contribution >= 0.6 is 15.9 Å². The van der Waals surface area contributed by atoms with Gasteiger partial charge in [0, 0.05) is 24.5 Å². The number of hydrogen-bond acceptors (Lipinski definition) is 2. The van der Waals surface area contributed by atoms with Crippen molar-refractivity contribution in [2.45, 2.75) is 63.7 Å². The van der Waals surface area contributed by atoms with Crippen LogP contribution in [0, 0.1) is 0 Å². The molecular formula is C13H24BrNO. The van der Waals surface area contributed by atoms with Crippen molar-refractivity contribution in [3.05, 3.63) is 0 Å². The van der Waals surface area contributed by atoms with Crippen molar-refractivity contribution >= 4 is 15.9 Å². The van der Waals surface area contributed by atoms with Crippen LogP contribution in [0.1, 0.15) is 46.0 Å². The Morgan fingerprint density at radius 1 is 1.31 bits per heavy atom. The Hall–Kier alpha value is 0.400. The molecule has 94 valence electrons. The SMILES string of the molecule is CC1(C)CCC(CN(CCBr)C2CCC2)O1. The van der Waals surface area contributed by atoms with Gasteiger partial charge in [0.05, 0.1) is 11.7 Å². The smallest absolute Gasteiger partial charge is 0.0710 e. The van der Waals surface area contributed by atoms with Crippen LogP contribution in [0.3, 0.4) is 0 Å². The molecule has 0 bridgehead atoms. The maximum absolute atomic E-state index is 6.09. The van der Waals surface area contributed by atoms with Crippen LogP contribution in [0.5, 0.6) is 0 Å². The summed E-state index contributed by atoms with van der Waals surface area (Å²) in [6.45, 7) is 6.74. The van der Waals surface area contributed by atoms with Crippen LogP contribution in [0.2, 0.25) is 0 Å². The number of alkyl halides is 1. The number of ether oxygens (including phenoxy) is 1. The van der Waals surface area contributed by atoms with Crippen molar-refractivity contribution < 1.29 is 4.74 Å². The average Bonchev–Trinajstić information content (AvgIpc) is 2.43. The van der Waals surface area contributed by atoms with Crippen LogP contribution in [0.25, 0.3) is 0 Å². The second kappa shape index (κ2) is 5.36. The Bertz CT molecular complexity index is 228. The molecule has 0 aromatic rings. The zero-order valence-electron chi connectivity index (χ0n) is 10.5. The normalized spacial score (nSPS) is 29.6. The summed E-state index contributed by atoms with van der Waals surface area (Å²) in [6.07, 6.45) is 7.12. The number of nitrogens with zero attached hydrogens (tertiary/aromatic N) is 1. The van der Waals surface area contributed by atoms with Gasteiger partial charge in [-0.1, -0.05) is 22.4 Å². The Morgan fingerprint density at radius 3 is 2.50 bits per heavy atom. The lowest BCUT2D eigenvalue weighted by Gasteiger charge is -2.38. The van der Waals surface area contributed by atoms with Gasteiger partial charge in [-0.05, 0) is 39.5 Å². The second-order valence-corrected chi connectivity index (χ2v) is 6.60. The number of rotatable bonds is 5. The van der Waals surface area contributed by atoms with Crippen LogP contribution < -0.4 is 0 Å². The first-order chi connectivity index (χ1) is 7.61. The molecule has 3 heteroatoms. The van der Waals surface area contributed by atoms with Crippen molar-refractivity contribution in [2.24, 2.45) is 0 Å². The molecule has 0 spiro atoms. The van der Waals surface area contributed by atoms with Crippen molar-refractivity contribution in [1.29, 1.82) is 0 Å². The number of halogens is 1. The van der Waals surface area contributed by atoms with E-state index >= 15 is 0 Å². The molecular weight excluding hydrogens is 266 g/mol. The van der Waals surface area contributed by atoms with E-state index in [0.29, 0.717) is 6.10 Å². The lowest BCUT2D eigenvalue weighted by molar-refractivity contribution is -0.0376. The molecule has 16 heavy (non-hydrogen) atoms. The summed E-state index contributed by atoms with van der Waals surface area (Å²) in [4.78, 5) is 2.63. The van der Waals surface area contributed by atoms with E-state index in [1.54, 1.807) is 0 Å². The van der Waals surface area contributed by atoms with Gasteiger partial charge < -0.3 is 4.74 Å². The molecule has 0 aromatic heterocycles. The quantitative estimate of drug-likeness (QED) is 0.721. The van der Waals surface area contributed by atoms with E-state index in [0.717, 1.165) is 17.9 Å². The third-order valence-electron chi connectivity index (χ3n) is 3.96. The minimum absolute atomic E-state index is 0.115. The zero-order valence-corrected chi connectivity index (χ0v) is 12.1. The predicted molar refractivity (Wildman–Crippen MR) is 71.2 cm³/mol. The van der Waals surface area contributed by atoms with E-state index in [4.69, 9.17) is 4.74 Å². The third kappa shape index (κ3) is 3.21. The van der Waals surface area contributed by atoms with E-state index in [1.807, 2.05) is 0 Å². The van der Waals surface area contributed by atoms with Gasteiger partial charge >= 0.3 is 0 Å². The maximum atomic E-state index is 6.09. The molecule has 0 N–H and O–H groups in total. The van der Waals surface area contributed by atoms with Gasteiger partial charge in [-0.25, -0.2) is 0 Å². The van der Waals surface area contributed by atoms with Crippen LogP contribution in [-0.4, -0.2) is 41.1 Å². The highest BCUT2D eigenvalue weighted by Crippen LogP contribution is 2.32. The summed E-state index contributed by atoms with van der Waals surface area (Å²) in [7, 11) is 0. The van der Waals surface area contributed by atoms with E-state index in [1.165, 1.54) is 38.6 Å². The summed E-state index contributed by atoms with van der Waals surface area (Å²) in [5.41, 5.74) is 0.115. The monoisotopic (exact) mass is 289 g/mol. The average molecular weight is 290 g/mol. The Kier molecular flexibility index (Phi) is 4.31. The predicted octanol–water partition coefficient (Wildman–Crippen LogP) is 3.19. The molecule has 2 aliphatic rings. The molecule has 1 atom stereocenters. The summed E-state index contributed by atoms with van der Waals surface area (Å²) >= 11 is 3.56. The molecule has 2 rings (SSSR count). The van der Waals surface area contributed by atoms with E-state index < -0.39 is 0 Å². The number of hydrogen-bond donors (Lipinski definition) is 0. The van der Waals surface area contributed by atoms with Gasteiger partial charge in [0.2, 0.25) is 0 Å². The van der Waals surface area contributed by atoms with Crippen molar-refractivity contribution in [2.75, 3.05) is 18.4 Å². The fraction of sp³-hybridized carbons (Fsp3) is 1.00. The van der Waals surface area contributed by atoms with Crippen molar-refractivity contribution in [3.63, 3.8) is 0 Å². The summed E-state index contributed by atoms with van der Waals surface area (Å²) < 4.78 is 6.09. The van der Waals surface area contributed by atoms with Crippen molar-refractivity contribution in [3.8, 4) is 0 Å². The van der Waals surface area contributed by atoms with E-state index in [2.05, 4.69) is 34.7 Å². The Morgan fingerprint density at radius 2 is 2.06 bits per heavy atom. The van der Waals surface area contributed by atoms with Gasteiger partial charge in [0.15, 0.2) is 0 Å². The fourth-order valence-corrected chi connectivity index (χ4v) is 3.21. The van der Waals surface area contributed by atoms with Gasteiger partial charge in [0.25, 0.3) is 0 Å². The highest BCUT2D eigenvalue weighted by Gasteiger charge is 2.34. The molecule has 0 aromatic carbocycles. The van der Waals surface area contributed by atoms with Crippen LogP contribution in [-0.2, 0) is 4.74 Å². The first kappa shape index (κ1) is 12.8. The van der Waals surface area contributed by atoms with E-state index in [9.17, 15) is 0 Å². The summed E-state index contributed by atoms with van der Waals surface area (Å²) in [5, 5.41) is 1.08. The first-order valence-electron chi connectivity index (χ1n) is 6.58. The minimum Gasteiger partial charge on any atom is -0.371 e. The lowest BCUT2D eigenvalue weighted by atomic mass is 9.91. The largest absolute Gasteiger partial charge is 0.371 e. The summed E-state index contributed by atoms with van der Waals surface area (Å²) in [5.74, 6) is 0. The third-order valence-corrected chi connectivity index (χ3v) is 4.31. The standard InChI is InChI=1S/C13H24BrNO/c1-13(2)7-6-12(16-13)10-15(9-8-14)11-4-3-5-11/h11-12H,3-10H2,1-2H3. The molecule has 1 aliphatic carbocycles. The highest BCUT2D eigenvalue weighted by atomic mass is 79.9. The second-order valence-electron chi connectivity index (χ2n) is 5.81. The Labute approximate surface area is 108 Å². The topological polar surface area (TPSA) is 12.5 Å². The molecule has 1 saturated carbocycles. The van der Waals surface area contributed by atoms with Gasteiger partial charge in [-0.15, -0.1) is 0 Å². The molecule has 1 heterocycles. The zero-order chi connectivity index (χ0) is 11.6. The molecule has 2 nitrogen and oxygen atoms in total. The molecule has 1 saturated heterocycles. The minimum atomic E-state index is 0.115. The molecule has 0 amide bonds. The lowest BCUT2D eigenvalue weighted by Crippen LogP contribution is -2.45.